The van der Waals surface area contributed by atoms with E-state index in [9.17, 15) is 14.0 Å². The van der Waals surface area contributed by atoms with Crippen LogP contribution in [0.4, 0.5) is 14.9 Å². The van der Waals surface area contributed by atoms with Gasteiger partial charge in [0.25, 0.3) is 5.91 Å². The van der Waals surface area contributed by atoms with E-state index in [1.165, 1.54) is 25.3 Å². The summed E-state index contributed by atoms with van der Waals surface area (Å²) in [5.74, 6) is -0.860. The van der Waals surface area contributed by atoms with Crippen LogP contribution in [0.2, 0.25) is 5.02 Å². The first-order valence-corrected chi connectivity index (χ1v) is 8.07. The van der Waals surface area contributed by atoms with Crippen LogP contribution < -0.4 is 10.6 Å². The van der Waals surface area contributed by atoms with Crippen molar-refractivity contribution in [3.8, 4) is 0 Å². The Morgan fingerprint density at radius 1 is 1.40 bits per heavy atom. The van der Waals surface area contributed by atoms with E-state index in [0.717, 1.165) is 11.1 Å². The highest BCUT2D eigenvalue weighted by molar-refractivity contribution is 6.31. The van der Waals surface area contributed by atoms with Crippen LogP contribution in [0.15, 0.2) is 24.4 Å². The number of alkyl carbamates (subject to hydrolysis) is 1. The molecule has 0 spiro atoms. The summed E-state index contributed by atoms with van der Waals surface area (Å²) in [6.07, 6.45) is 2.69. The first-order valence-electron chi connectivity index (χ1n) is 7.69. The fourth-order valence-electron chi connectivity index (χ4n) is 3.12. The van der Waals surface area contributed by atoms with Crippen molar-refractivity contribution in [2.75, 3.05) is 12.4 Å². The predicted octanol–water partition coefficient (Wildman–Crippen LogP) is 3.41. The third-order valence-corrected chi connectivity index (χ3v) is 4.54. The number of carbonyl (C=O) groups is 2. The highest BCUT2D eigenvalue weighted by atomic mass is 35.5. The summed E-state index contributed by atoms with van der Waals surface area (Å²) < 4.78 is 19.6. The lowest BCUT2D eigenvalue weighted by atomic mass is 10.1. The fourth-order valence-corrected chi connectivity index (χ4v) is 3.30. The zero-order valence-corrected chi connectivity index (χ0v) is 14.5. The first kappa shape index (κ1) is 17.3. The number of aromatic nitrogens is 1. The Morgan fingerprint density at radius 3 is 2.84 bits per heavy atom. The molecule has 132 valence electrons. The van der Waals surface area contributed by atoms with Gasteiger partial charge in [0.15, 0.2) is 0 Å². The summed E-state index contributed by atoms with van der Waals surface area (Å²) in [5, 5.41) is 5.43. The quantitative estimate of drug-likeness (QED) is 0.875. The lowest BCUT2D eigenvalue weighted by Gasteiger charge is -2.11. The second kappa shape index (κ2) is 6.76. The molecule has 0 fully saturated rings. The van der Waals surface area contributed by atoms with Crippen LogP contribution in [0.25, 0.3) is 0 Å². The van der Waals surface area contributed by atoms with Crippen LogP contribution in [-0.2, 0) is 18.2 Å². The zero-order valence-electron chi connectivity index (χ0n) is 13.7. The normalized spacial score (nSPS) is 15.6. The van der Waals surface area contributed by atoms with Crippen LogP contribution in [0.1, 0.15) is 34.1 Å². The number of ether oxygens (including phenoxy) is 1. The van der Waals surface area contributed by atoms with Crippen molar-refractivity contribution in [2.45, 2.75) is 18.9 Å². The molecule has 0 saturated heterocycles. The SMILES string of the molecule is COC(=O)NC1CCc2c1cn(C)c2C(=O)Nc1ccc(F)c(Cl)c1. The van der Waals surface area contributed by atoms with Crippen LogP contribution in [-0.4, -0.2) is 23.7 Å². The van der Waals surface area contributed by atoms with Gasteiger partial charge in [0.2, 0.25) is 0 Å². The summed E-state index contributed by atoms with van der Waals surface area (Å²) in [6, 6.07) is 3.82. The minimum absolute atomic E-state index is 0.0581. The number of aryl methyl sites for hydroxylation is 1. The van der Waals surface area contributed by atoms with Gasteiger partial charge in [-0.2, -0.15) is 0 Å². The van der Waals surface area contributed by atoms with E-state index in [4.69, 9.17) is 11.6 Å². The number of anilines is 1. The van der Waals surface area contributed by atoms with E-state index in [0.29, 0.717) is 24.2 Å². The molecule has 1 unspecified atom stereocenters. The van der Waals surface area contributed by atoms with Crippen LogP contribution >= 0.6 is 11.6 Å². The van der Waals surface area contributed by atoms with Crippen LogP contribution in [0.3, 0.4) is 0 Å². The Hall–Kier alpha value is -2.54. The summed E-state index contributed by atoms with van der Waals surface area (Å²) in [4.78, 5) is 24.1. The van der Waals surface area contributed by atoms with Crippen molar-refractivity contribution < 1.29 is 18.7 Å². The average molecular weight is 366 g/mol. The van der Waals surface area contributed by atoms with Gasteiger partial charge in [-0.1, -0.05) is 11.6 Å². The van der Waals surface area contributed by atoms with Gasteiger partial charge in [-0.05, 0) is 42.2 Å². The molecule has 25 heavy (non-hydrogen) atoms. The molecule has 2 N–H and O–H groups in total. The second-order valence-corrected chi connectivity index (χ2v) is 6.24. The maximum atomic E-state index is 13.2. The zero-order chi connectivity index (χ0) is 18.1. The molecule has 1 aliphatic rings. The fraction of sp³-hybridized carbons (Fsp3) is 0.294. The topological polar surface area (TPSA) is 72.4 Å². The first-order chi connectivity index (χ1) is 11.9. The summed E-state index contributed by atoms with van der Waals surface area (Å²) >= 11 is 5.74. The standard InChI is InChI=1S/C17H17ClFN3O3/c1-22-8-11-10(4-6-14(11)21-17(24)25-2)15(22)16(23)20-9-3-5-13(19)12(18)7-9/h3,5,7-8,14H,4,6H2,1-2H3,(H,20,23)(H,21,24). The monoisotopic (exact) mass is 365 g/mol. The number of nitrogens with zero attached hydrogens (tertiary/aromatic N) is 1. The van der Waals surface area contributed by atoms with Gasteiger partial charge in [0, 0.05) is 18.9 Å². The molecule has 3 rings (SSSR count). The molecular weight excluding hydrogens is 349 g/mol. The van der Waals surface area contributed by atoms with E-state index >= 15 is 0 Å². The molecule has 6 nitrogen and oxygen atoms in total. The number of nitrogens with one attached hydrogen (secondary N) is 2. The number of halogens is 2. The highest BCUT2D eigenvalue weighted by Gasteiger charge is 2.31. The molecule has 1 aromatic heterocycles. The Labute approximate surface area is 148 Å². The molecule has 1 heterocycles. The van der Waals surface area contributed by atoms with Gasteiger partial charge in [0.1, 0.15) is 11.5 Å². The molecule has 0 aliphatic heterocycles. The molecule has 1 atom stereocenters. The third kappa shape index (κ3) is 3.32. The van der Waals surface area contributed by atoms with E-state index < -0.39 is 11.9 Å². The number of benzene rings is 1. The number of carbonyl (C=O) groups excluding carboxylic acids is 2. The molecule has 0 saturated carbocycles. The van der Waals surface area contributed by atoms with Gasteiger partial charge in [-0.15, -0.1) is 0 Å². The minimum Gasteiger partial charge on any atom is -0.453 e. The summed E-state index contributed by atoms with van der Waals surface area (Å²) in [6.45, 7) is 0. The lowest BCUT2D eigenvalue weighted by molar-refractivity contribution is 0.101. The predicted molar refractivity (Wildman–Crippen MR) is 91.4 cm³/mol. The molecule has 8 heteroatoms. The van der Waals surface area contributed by atoms with Crippen molar-refractivity contribution in [1.29, 1.82) is 0 Å². The number of rotatable bonds is 3. The van der Waals surface area contributed by atoms with E-state index in [1.807, 2.05) is 6.20 Å². The van der Waals surface area contributed by atoms with Crippen molar-refractivity contribution in [1.82, 2.24) is 9.88 Å². The molecule has 2 aromatic rings. The molecule has 0 bridgehead atoms. The molecule has 2 amide bonds. The van der Waals surface area contributed by atoms with E-state index in [-0.39, 0.29) is 17.0 Å². The minimum atomic E-state index is -0.545. The summed E-state index contributed by atoms with van der Waals surface area (Å²) in [5.41, 5.74) is 2.70. The van der Waals surface area contributed by atoms with Crippen LogP contribution in [0.5, 0.6) is 0 Å². The molecule has 1 aromatic carbocycles. The average Bonchev–Trinajstić information content (AvgIpc) is 3.09. The number of amides is 2. The number of hydrogen-bond donors (Lipinski definition) is 2. The number of hydrogen-bond acceptors (Lipinski definition) is 3. The molecular formula is C17H17ClFN3O3. The van der Waals surface area contributed by atoms with Crippen molar-refractivity contribution in [3.05, 3.63) is 52.1 Å². The van der Waals surface area contributed by atoms with Crippen molar-refractivity contribution in [3.63, 3.8) is 0 Å². The Balaban J connectivity index is 1.83. The van der Waals surface area contributed by atoms with E-state index in [1.54, 1.807) is 11.6 Å². The number of fused-ring (bicyclic) bond motifs is 1. The smallest absolute Gasteiger partial charge is 0.407 e. The van der Waals surface area contributed by atoms with E-state index in [2.05, 4.69) is 15.4 Å². The Bertz CT molecular complexity index is 850. The maximum absolute atomic E-state index is 13.2. The second-order valence-electron chi connectivity index (χ2n) is 5.83. The third-order valence-electron chi connectivity index (χ3n) is 4.25. The van der Waals surface area contributed by atoms with Gasteiger partial charge in [-0.25, -0.2) is 9.18 Å². The van der Waals surface area contributed by atoms with Gasteiger partial charge < -0.3 is 19.9 Å². The largest absolute Gasteiger partial charge is 0.453 e. The van der Waals surface area contributed by atoms with Gasteiger partial charge in [-0.3, -0.25) is 4.79 Å². The lowest BCUT2D eigenvalue weighted by Crippen LogP contribution is -2.26. The van der Waals surface area contributed by atoms with Crippen molar-refractivity contribution >= 4 is 29.3 Å². The van der Waals surface area contributed by atoms with Crippen LogP contribution in [0, 0.1) is 5.82 Å². The number of methoxy groups -OCH3 is 1. The molecule has 0 radical (unpaired) electrons. The summed E-state index contributed by atoms with van der Waals surface area (Å²) in [7, 11) is 3.07. The van der Waals surface area contributed by atoms with Gasteiger partial charge >= 0.3 is 6.09 Å². The van der Waals surface area contributed by atoms with Crippen molar-refractivity contribution in [2.24, 2.45) is 7.05 Å². The van der Waals surface area contributed by atoms with Gasteiger partial charge in [0.05, 0.1) is 18.2 Å². The maximum Gasteiger partial charge on any atom is 0.407 e. The molecule has 1 aliphatic carbocycles. The Morgan fingerprint density at radius 2 is 2.16 bits per heavy atom. The Kier molecular flexibility index (Phi) is 4.67. The highest BCUT2D eigenvalue weighted by Crippen LogP contribution is 2.35.